The van der Waals surface area contributed by atoms with E-state index in [2.05, 4.69) is 15.6 Å². The molecule has 2 aromatic rings. The first-order valence-corrected chi connectivity index (χ1v) is 6.28. The van der Waals surface area contributed by atoms with Crippen LogP contribution in [0.3, 0.4) is 0 Å². The molecule has 21 heavy (non-hydrogen) atoms. The van der Waals surface area contributed by atoms with Gasteiger partial charge in [-0.25, -0.2) is 9.78 Å². The Morgan fingerprint density at radius 2 is 2.10 bits per heavy atom. The van der Waals surface area contributed by atoms with Crippen molar-refractivity contribution in [1.82, 2.24) is 4.98 Å². The highest BCUT2D eigenvalue weighted by molar-refractivity contribution is 6.30. The maximum atomic E-state index is 11.8. The van der Waals surface area contributed by atoms with E-state index in [1.807, 2.05) is 0 Å². The Morgan fingerprint density at radius 1 is 1.33 bits per heavy atom. The number of urea groups is 1. The molecule has 0 spiro atoms. The molecule has 7 nitrogen and oxygen atoms in total. The molecule has 0 aliphatic rings. The van der Waals surface area contributed by atoms with Gasteiger partial charge in [0.1, 0.15) is 12.0 Å². The smallest absolute Gasteiger partial charge is 0.308 e. The monoisotopic (exact) mass is 306 g/mol. The number of nitrogens with zero attached hydrogens (tertiary/aromatic N) is 2. The zero-order valence-corrected chi connectivity index (χ0v) is 11.7. The molecule has 2 rings (SSSR count). The minimum absolute atomic E-state index is 0.131. The second-order valence-electron chi connectivity index (χ2n) is 4.21. The van der Waals surface area contributed by atoms with Gasteiger partial charge >= 0.3 is 6.03 Å². The minimum atomic E-state index is -0.546. The van der Waals surface area contributed by atoms with Crippen LogP contribution in [0.2, 0.25) is 5.02 Å². The molecule has 0 aliphatic heterocycles. The Kier molecular flexibility index (Phi) is 4.34. The summed E-state index contributed by atoms with van der Waals surface area (Å²) in [5, 5.41) is 16.2. The number of hydrogen-bond acceptors (Lipinski definition) is 4. The fraction of sp³-hybridized carbons (Fsp3) is 0.0769. The van der Waals surface area contributed by atoms with E-state index in [4.69, 9.17) is 11.6 Å². The summed E-state index contributed by atoms with van der Waals surface area (Å²) in [6, 6.07) is 7.49. The molecule has 0 unspecified atom stereocenters. The van der Waals surface area contributed by atoms with Crippen LogP contribution in [0.25, 0.3) is 0 Å². The summed E-state index contributed by atoms with van der Waals surface area (Å²) >= 11 is 5.81. The number of nitro groups is 1. The lowest BCUT2D eigenvalue weighted by Crippen LogP contribution is -2.20. The van der Waals surface area contributed by atoms with E-state index in [-0.39, 0.29) is 11.5 Å². The highest BCUT2D eigenvalue weighted by atomic mass is 35.5. The van der Waals surface area contributed by atoms with E-state index in [0.717, 1.165) is 6.20 Å². The zero-order valence-electron chi connectivity index (χ0n) is 11.0. The third kappa shape index (κ3) is 3.90. The maximum Gasteiger partial charge on any atom is 0.324 e. The number of carbonyl (C=O) groups is 1. The van der Waals surface area contributed by atoms with Gasteiger partial charge in [0.05, 0.1) is 4.92 Å². The lowest BCUT2D eigenvalue weighted by atomic mass is 10.2. The first kappa shape index (κ1) is 14.7. The summed E-state index contributed by atoms with van der Waals surface area (Å²) in [7, 11) is 0. The van der Waals surface area contributed by atoms with Crippen molar-refractivity contribution in [1.29, 1.82) is 0 Å². The molecule has 1 aromatic heterocycles. The number of nitrogens with one attached hydrogen (secondary N) is 2. The van der Waals surface area contributed by atoms with Crippen molar-refractivity contribution in [2.24, 2.45) is 0 Å². The molecule has 0 atom stereocenters. The van der Waals surface area contributed by atoms with Crippen molar-refractivity contribution in [2.45, 2.75) is 6.92 Å². The van der Waals surface area contributed by atoms with Crippen molar-refractivity contribution in [2.75, 3.05) is 10.6 Å². The first-order valence-electron chi connectivity index (χ1n) is 5.90. The Bertz CT molecular complexity index is 706. The minimum Gasteiger partial charge on any atom is -0.308 e. The van der Waals surface area contributed by atoms with E-state index in [1.165, 1.54) is 6.07 Å². The standard InChI is InChI=1S/C13H11ClN4O3/c1-8-5-11(18(20)21)7-15-12(8)17-13(19)16-10-4-2-3-9(14)6-10/h2-7H,1H3,(H2,15,16,17,19). The number of halogens is 1. The number of amides is 2. The van der Waals surface area contributed by atoms with Crippen molar-refractivity contribution in [3.05, 3.63) is 57.2 Å². The van der Waals surface area contributed by atoms with Crippen molar-refractivity contribution in [3.8, 4) is 0 Å². The lowest BCUT2D eigenvalue weighted by molar-refractivity contribution is -0.385. The topological polar surface area (TPSA) is 97.2 Å². The van der Waals surface area contributed by atoms with E-state index < -0.39 is 11.0 Å². The molecular weight excluding hydrogens is 296 g/mol. The van der Waals surface area contributed by atoms with E-state index >= 15 is 0 Å². The summed E-state index contributed by atoms with van der Waals surface area (Å²) in [6.45, 7) is 1.62. The van der Waals surface area contributed by atoms with Gasteiger partial charge in [0.25, 0.3) is 5.69 Å². The number of rotatable bonds is 3. The third-order valence-corrected chi connectivity index (χ3v) is 2.82. The molecule has 0 bridgehead atoms. The quantitative estimate of drug-likeness (QED) is 0.668. The van der Waals surface area contributed by atoms with Crippen LogP contribution in [0.15, 0.2) is 36.5 Å². The van der Waals surface area contributed by atoms with Crippen LogP contribution < -0.4 is 10.6 Å². The van der Waals surface area contributed by atoms with Crippen LogP contribution >= 0.6 is 11.6 Å². The van der Waals surface area contributed by atoms with Gasteiger partial charge in [0.15, 0.2) is 0 Å². The number of anilines is 2. The summed E-state index contributed by atoms with van der Waals surface area (Å²) < 4.78 is 0. The Morgan fingerprint density at radius 3 is 2.71 bits per heavy atom. The molecule has 0 aliphatic carbocycles. The van der Waals surface area contributed by atoms with Gasteiger partial charge in [-0.15, -0.1) is 0 Å². The van der Waals surface area contributed by atoms with Gasteiger partial charge in [-0.2, -0.15) is 0 Å². The Labute approximate surface area is 125 Å². The predicted molar refractivity (Wildman–Crippen MR) is 79.7 cm³/mol. The largest absolute Gasteiger partial charge is 0.324 e. The number of pyridine rings is 1. The van der Waals surface area contributed by atoms with Crippen LogP contribution in [-0.4, -0.2) is 15.9 Å². The van der Waals surface area contributed by atoms with E-state index in [0.29, 0.717) is 16.3 Å². The normalized spacial score (nSPS) is 10.0. The van der Waals surface area contributed by atoms with Gasteiger partial charge in [-0.3, -0.25) is 15.4 Å². The molecule has 108 valence electrons. The molecule has 8 heteroatoms. The Balaban J connectivity index is 2.08. The van der Waals surface area contributed by atoms with Crippen LogP contribution in [-0.2, 0) is 0 Å². The van der Waals surface area contributed by atoms with Crippen LogP contribution in [0.4, 0.5) is 22.0 Å². The highest BCUT2D eigenvalue weighted by Crippen LogP contribution is 2.19. The zero-order chi connectivity index (χ0) is 15.4. The average molecular weight is 307 g/mol. The SMILES string of the molecule is Cc1cc([N+](=O)[O-])cnc1NC(=O)Nc1cccc(Cl)c1. The van der Waals surface area contributed by atoms with E-state index in [9.17, 15) is 14.9 Å². The number of aromatic nitrogens is 1. The van der Waals surface area contributed by atoms with E-state index in [1.54, 1.807) is 31.2 Å². The fourth-order valence-electron chi connectivity index (χ4n) is 1.63. The maximum absolute atomic E-state index is 11.8. The Hall–Kier alpha value is -2.67. The molecule has 1 aromatic carbocycles. The second kappa shape index (κ2) is 6.19. The molecule has 2 amide bonds. The molecule has 0 saturated carbocycles. The van der Waals surface area contributed by atoms with Crippen LogP contribution in [0.1, 0.15) is 5.56 Å². The lowest BCUT2D eigenvalue weighted by Gasteiger charge is -2.09. The number of hydrogen-bond donors (Lipinski definition) is 2. The first-order chi connectivity index (χ1) is 9.95. The molecule has 0 fully saturated rings. The van der Waals surface area contributed by atoms with Crippen LogP contribution in [0, 0.1) is 17.0 Å². The summed E-state index contributed by atoms with van der Waals surface area (Å²) in [6.07, 6.45) is 1.09. The van der Waals surface area contributed by atoms with Gasteiger partial charge in [-0.05, 0) is 30.7 Å². The fourth-order valence-corrected chi connectivity index (χ4v) is 1.82. The summed E-state index contributed by atoms with van der Waals surface area (Å²) in [4.78, 5) is 25.8. The third-order valence-electron chi connectivity index (χ3n) is 2.59. The van der Waals surface area contributed by atoms with Crippen LogP contribution in [0.5, 0.6) is 0 Å². The van der Waals surface area contributed by atoms with Gasteiger partial charge in [0, 0.05) is 16.8 Å². The summed E-state index contributed by atoms with van der Waals surface area (Å²) in [5.41, 5.74) is 0.887. The number of benzene rings is 1. The highest BCUT2D eigenvalue weighted by Gasteiger charge is 2.11. The van der Waals surface area contributed by atoms with Gasteiger partial charge < -0.3 is 5.32 Å². The average Bonchev–Trinajstić information content (AvgIpc) is 2.40. The molecular formula is C13H11ClN4O3. The molecule has 0 radical (unpaired) electrons. The predicted octanol–water partition coefficient (Wildman–Crippen LogP) is 3.60. The van der Waals surface area contributed by atoms with Crippen molar-refractivity contribution in [3.63, 3.8) is 0 Å². The second-order valence-corrected chi connectivity index (χ2v) is 4.64. The molecule has 0 saturated heterocycles. The number of carbonyl (C=O) groups excluding carboxylic acids is 1. The van der Waals surface area contributed by atoms with Gasteiger partial charge in [0.2, 0.25) is 0 Å². The van der Waals surface area contributed by atoms with Gasteiger partial charge in [-0.1, -0.05) is 17.7 Å². The summed E-state index contributed by atoms with van der Waals surface area (Å²) in [5.74, 6) is 0.250. The van der Waals surface area contributed by atoms with Crippen molar-refractivity contribution < 1.29 is 9.72 Å². The van der Waals surface area contributed by atoms with Crippen molar-refractivity contribution >= 4 is 34.8 Å². The molecule has 2 N–H and O–H groups in total. The number of aryl methyl sites for hydroxylation is 1. The molecule has 1 heterocycles.